The molecule has 2 atom stereocenters. The van der Waals surface area contributed by atoms with Crippen LogP contribution in [0.3, 0.4) is 0 Å². The Morgan fingerprint density at radius 3 is 2.57 bits per heavy atom. The van der Waals surface area contributed by atoms with Crippen LogP contribution in [0.25, 0.3) is 0 Å². The summed E-state index contributed by atoms with van der Waals surface area (Å²) in [6.45, 7) is 7.52. The Hall–Kier alpha value is -1.30. The smallest absolute Gasteiger partial charge is 0.225 e. The summed E-state index contributed by atoms with van der Waals surface area (Å²) in [7, 11) is 1.83. The minimum atomic E-state index is 0.291. The van der Waals surface area contributed by atoms with Crippen molar-refractivity contribution in [3.8, 4) is 0 Å². The van der Waals surface area contributed by atoms with Gasteiger partial charge >= 0.3 is 0 Å². The Morgan fingerprint density at radius 2 is 1.82 bits per heavy atom. The van der Waals surface area contributed by atoms with Gasteiger partial charge < -0.3 is 20.4 Å². The minimum absolute atomic E-state index is 0.291. The molecule has 2 saturated heterocycles. The molecular weight excluding hydrogens is 350 g/mol. The molecule has 3 fully saturated rings. The summed E-state index contributed by atoms with van der Waals surface area (Å²) in [6.07, 6.45) is 12.2. The number of piperidine rings is 1. The van der Waals surface area contributed by atoms with Gasteiger partial charge in [0, 0.05) is 44.7 Å². The standard InChI is InChI=1S/C22H41N5O/c1-18-9-5-7-14-26(18)15-8-6-13-24-22(23-2)25-20-12-16-27(17-20)21(28)19-10-3-4-11-19/h18-20H,3-17H2,1-2H3,(H2,23,24,25). The van der Waals surface area contributed by atoms with Crippen LogP contribution in [0.1, 0.15) is 71.1 Å². The number of hydrogen-bond acceptors (Lipinski definition) is 3. The van der Waals surface area contributed by atoms with Crippen molar-refractivity contribution < 1.29 is 4.79 Å². The van der Waals surface area contributed by atoms with Gasteiger partial charge in [0.05, 0.1) is 0 Å². The van der Waals surface area contributed by atoms with Gasteiger partial charge in [-0.3, -0.25) is 9.79 Å². The van der Waals surface area contributed by atoms with Gasteiger partial charge in [-0.1, -0.05) is 19.3 Å². The molecule has 2 heterocycles. The van der Waals surface area contributed by atoms with E-state index in [9.17, 15) is 4.79 Å². The fraction of sp³-hybridized carbons (Fsp3) is 0.909. The van der Waals surface area contributed by atoms with Crippen LogP contribution in [0, 0.1) is 5.92 Å². The van der Waals surface area contributed by atoms with Crippen molar-refractivity contribution in [2.45, 2.75) is 83.2 Å². The first-order valence-corrected chi connectivity index (χ1v) is 11.7. The number of nitrogens with one attached hydrogen (secondary N) is 2. The van der Waals surface area contributed by atoms with Gasteiger partial charge in [0.15, 0.2) is 5.96 Å². The van der Waals surface area contributed by atoms with Gasteiger partial charge in [-0.2, -0.15) is 0 Å². The van der Waals surface area contributed by atoms with E-state index in [1.807, 2.05) is 7.05 Å². The third-order valence-corrected chi connectivity index (χ3v) is 6.87. The summed E-state index contributed by atoms with van der Waals surface area (Å²) in [6, 6.07) is 1.08. The number of carbonyl (C=O) groups excluding carboxylic acids is 1. The summed E-state index contributed by atoms with van der Waals surface area (Å²) in [5.41, 5.74) is 0. The lowest BCUT2D eigenvalue weighted by molar-refractivity contribution is -0.134. The first-order chi connectivity index (χ1) is 13.7. The number of likely N-dealkylation sites (tertiary alicyclic amines) is 2. The zero-order chi connectivity index (χ0) is 19.8. The van der Waals surface area contributed by atoms with E-state index in [4.69, 9.17) is 0 Å². The van der Waals surface area contributed by atoms with Gasteiger partial charge in [-0.05, 0) is 65.0 Å². The third-order valence-electron chi connectivity index (χ3n) is 6.87. The Kier molecular flexibility index (Phi) is 8.44. The van der Waals surface area contributed by atoms with E-state index in [1.165, 1.54) is 58.0 Å². The molecule has 1 amide bonds. The van der Waals surface area contributed by atoms with Crippen molar-refractivity contribution in [1.82, 2.24) is 20.4 Å². The molecule has 1 saturated carbocycles. The summed E-state index contributed by atoms with van der Waals surface area (Å²) in [4.78, 5) is 21.7. The molecule has 6 heteroatoms. The quantitative estimate of drug-likeness (QED) is 0.398. The highest BCUT2D eigenvalue weighted by Crippen LogP contribution is 2.27. The summed E-state index contributed by atoms with van der Waals surface area (Å²) < 4.78 is 0. The van der Waals surface area contributed by atoms with Crippen LogP contribution in [0.5, 0.6) is 0 Å². The van der Waals surface area contributed by atoms with E-state index in [1.54, 1.807) is 0 Å². The maximum Gasteiger partial charge on any atom is 0.225 e. The van der Waals surface area contributed by atoms with Crippen LogP contribution in [0.15, 0.2) is 4.99 Å². The van der Waals surface area contributed by atoms with Crippen molar-refractivity contribution in [3.63, 3.8) is 0 Å². The van der Waals surface area contributed by atoms with Gasteiger partial charge in [0.2, 0.25) is 5.91 Å². The van der Waals surface area contributed by atoms with E-state index in [2.05, 4.69) is 32.3 Å². The minimum Gasteiger partial charge on any atom is -0.356 e. The van der Waals surface area contributed by atoms with E-state index in [0.717, 1.165) is 50.9 Å². The molecule has 28 heavy (non-hydrogen) atoms. The van der Waals surface area contributed by atoms with Crippen molar-refractivity contribution in [3.05, 3.63) is 0 Å². The number of nitrogens with zero attached hydrogens (tertiary/aromatic N) is 3. The Bertz CT molecular complexity index is 517. The highest BCUT2D eigenvalue weighted by Gasteiger charge is 2.32. The van der Waals surface area contributed by atoms with Crippen LogP contribution < -0.4 is 10.6 Å². The second-order valence-electron chi connectivity index (χ2n) is 8.98. The van der Waals surface area contributed by atoms with E-state index in [0.29, 0.717) is 17.9 Å². The van der Waals surface area contributed by atoms with Crippen molar-refractivity contribution >= 4 is 11.9 Å². The highest BCUT2D eigenvalue weighted by molar-refractivity contribution is 5.81. The lowest BCUT2D eigenvalue weighted by atomic mass is 10.0. The molecule has 160 valence electrons. The Balaban J connectivity index is 1.29. The van der Waals surface area contributed by atoms with Gasteiger partial charge in [0.1, 0.15) is 0 Å². The molecule has 0 bridgehead atoms. The molecule has 6 nitrogen and oxygen atoms in total. The number of guanidine groups is 1. The molecule has 0 aromatic rings. The Labute approximate surface area is 171 Å². The van der Waals surface area contributed by atoms with Crippen LogP contribution in [0.4, 0.5) is 0 Å². The summed E-state index contributed by atoms with van der Waals surface area (Å²) >= 11 is 0. The van der Waals surface area contributed by atoms with Crippen LogP contribution in [0.2, 0.25) is 0 Å². The van der Waals surface area contributed by atoms with Crippen molar-refractivity contribution in [2.75, 3.05) is 39.8 Å². The molecule has 2 N–H and O–H groups in total. The molecule has 2 aliphatic heterocycles. The lowest BCUT2D eigenvalue weighted by Crippen LogP contribution is -2.45. The predicted octanol–water partition coefficient (Wildman–Crippen LogP) is 2.60. The lowest BCUT2D eigenvalue weighted by Gasteiger charge is -2.33. The zero-order valence-corrected chi connectivity index (χ0v) is 18.1. The third kappa shape index (κ3) is 6.10. The fourth-order valence-electron chi connectivity index (χ4n) is 5.03. The second-order valence-corrected chi connectivity index (χ2v) is 8.98. The molecule has 0 aromatic carbocycles. The van der Waals surface area contributed by atoms with Crippen LogP contribution in [-0.2, 0) is 4.79 Å². The molecule has 0 spiro atoms. The van der Waals surface area contributed by atoms with E-state index < -0.39 is 0 Å². The molecule has 0 aromatic heterocycles. The number of amides is 1. The van der Waals surface area contributed by atoms with Crippen molar-refractivity contribution in [2.24, 2.45) is 10.9 Å². The van der Waals surface area contributed by atoms with Gasteiger partial charge in [-0.25, -0.2) is 0 Å². The average Bonchev–Trinajstić information content (AvgIpc) is 3.40. The number of aliphatic imine (C=N–C) groups is 1. The SMILES string of the molecule is CN=C(NCCCCN1CCCCC1C)NC1CCN(C(=O)C2CCCC2)C1. The zero-order valence-electron chi connectivity index (χ0n) is 18.1. The first kappa shape index (κ1) is 21.4. The van der Waals surface area contributed by atoms with Gasteiger partial charge in [0.25, 0.3) is 0 Å². The first-order valence-electron chi connectivity index (χ1n) is 11.7. The fourth-order valence-corrected chi connectivity index (χ4v) is 5.03. The molecule has 0 radical (unpaired) electrons. The normalized spacial score (nSPS) is 27.4. The Morgan fingerprint density at radius 1 is 1.04 bits per heavy atom. The summed E-state index contributed by atoms with van der Waals surface area (Å²) in [5, 5.41) is 6.98. The number of unbranched alkanes of at least 4 members (excludes halogenated alkanes) is 1. The monoisotopic (exact) mass is 391 g/mol. The molecule has 2 unspecified atom stereocenters. The largest absolute Gasteiger partial charge is 0.356 e. The van der Waals surface area contributed by atoms with E-state index >= 15 is 0 Å². The second kappa shape index (κ2) is 11.0. The number of hydrogen-bond donors (Lipinski definition) is 2. The van der Waals surface area contributed by atoms with Crippen LogP contribution in [-0.4, -0.2) is 73.5 Å². The van der Waals surface area contributed by atoms with Crippen LogP contribution >= 0.6 is 0 Å². The highest BCUT2D eigenvalue weighted by atomic mass is 16.2. The number of rotatable bonds is 7. The summed E-state index contributed by atoms with van der Waals surface area (Å²) in [5.74, 6) is 1.56. The maximum atomic E-state index is 12.6. The maximum absolute atomic E-state index is 12.6. The van der Waals surface area contributed by atoms with Crippen molar-refractivity contribution in [1.29, 1.82) is 0 Å². The molecule has 1 aliphatic carbocycles. The van der Waals surface area contributed by atoms with Gasteiger partial charge in [-0.15, -0.1) is 0 Å². The topological polar surface area (TPSA) is 60.0 Å². The number of carbonyl (C=O) groups is 1. The molecule has 3 rings (SSSR count). The molecule has 3 aliphatic rings. The van der Waals surface area contributed by atoms with E-state index in [-0.39, 0.29) is 0 Å². The molecular formula is C22H41N5O. The average molecular weight is 392 g/mol. The predicted molar refractivity (Wildman–Crippen MR) is 116 cm³/mol.